The van der Waals surface area contributed by atoms with Gasteiger partial charge in [-0.05, 0) is 48.9 Å². The molecule has 0 fully saturated rings. The van der Waals surface area contributed by atoms with Crippen molar-refractivity contribution < 1.29 is 14.3 Å². The first-order valence-corrected chi connectivity index (χ1v) is 9.86. The number of ether oxygens (including phenoxy) is 1. The topological polar surface area (TPSA) is 61.9 Å². The van der Waals surface area contributed by atoms with Gasteiger partial charge in [-0.3, -0.25) is 9.69 Å². The van der Waals surface area contributed by atoms with Crippen LogP contribution in [0.1, 0.15) is 18.5 Å². The summed E-state index contributed by atoms with van der Waals surface area (Å²) in [6.45, 7) is 2.88. The molecule has 0 unspecified atom stereocenters. The molecule has 1 N–H and O–H groups in total. The molecule has 4 rings (SSSR count). The monoisotopic (exact) mass is 441 g/mol. The number of rotatable bonds is 4. The highest BCUT2D eigenvalue weighted by molar-refractivity contribution is 9.10. The van der Waals surface area contributed by atoms with E-state index < -0.39 is 6.04 Å². The summed E-state index contributed by atoms with van der Waals surface area (Å²) in [5, 5.41) is 2.95. The Balaban J connectivity index is 1.68. The van der Waals surface area contributed by atoms with Crippen LogP contribution in [0.5, 0.6) is 5.75 Å². The van der Waals surface area contributed by atoms with E-state index in [0.29, 0.717) is 18.7 Å². The molecule has 0 aliphatic carbocycles. The number of hydrogen-bond donors (Lipinski definition) is 1. The summed E-state index contributed by atoms with van der Waals surface area (Å²) in [4.78, 5) is 29.0. The molecule has 0 saturated carbocycles. The van der Waals surface area contributed by atoms with Crippen molar-refractivity contribution in [2.45, 2.75) is 13.0 Å². The summed E-state index contributed by atoms with van der Waals surface area (Å²) in [6, 6.07) is 14.4. The first kappa shape index (κ1) is 18.6. The lowest BCUT2D eigenvalue weighted by Crippen LogP contribution is -2.45. The second-order valence-corrected chi connectivity index (χ2v) is 7.59. The number of nitrogens with zero attached hydrogens (tertiary/aromatic N) is 2. The number of carbonyl (C=O) groups excluding carboxylic acids is 2. The van der Waals surface area contributed by atoms with Gasteiger partial charge >= 0.3 is 6.03 Å². The number of nitrogens with one attached hydrogen (secondary N) is 1. The molecule has 2 heterocycles. The lowest BCUT2D eigenvalue weighted by molar-refractivity contribution is -0.114. The minimum atomic E-state index is -0.466. The zero-order valence-corrected chi connectivity index (χ0v) is 17.2. The third kappa shape index (κ3) is 3.16. The predicted molar refractivity (Wildman–Crippen MR) is 110 cm³/mol. The van der Waals surface area contributed by atoms with E-state index in [1.54, 1.807) is 11.9 Å². The molecule has 0 saturated heterocycles. The van der Waals surface area contributed by atoms with Crippen LogP contribution in [0, 0.1) is 0 Å². The maximum absolute atomic E-state index is 13.3. The van der Waals surface area contributed by atoms with Crippen molar-refractivity contribution in [2.24, 2.45) is 0 Å². The summed E-state index contributed by atoms with van der Waals surface area (Å²) in [7, 11) is 1.69. The molecule has 2 aliphatic rings. The third-order valence-electron chi connectivity index (χ3n) is 5.02. The van der Waals surface area contributed by atoms with Gasteiger partial charge in [-0.25, -0.2) is 4.79 Å². The highest BCUT2D eigenvalue weighted by atomic mass is 79.9. The largest absolute Gasteiger partial charge is 0.494 e. The molecule has 2 aromatic carbocycles. The zero-order chi connectivity index (χ0) is 19.8. The Bertz CT molecular complexity index is 954. The molecule has 0 aromatic heterocycles. The van der Waals surface area contributed by atoms with E-state index in [-0.39, 0.29) is 11.9 Å². The predicted octanol–water partition coefficient (Wildman–Crippen LogP) is 3.84. The second-order valence-electron chi connectivity index (χ2n) is 6.67. The maximum atomic E-state index is 13.3. The van der Waals surface area contributed by atoms with E-state index in [1.807, 2.05) is 55.5 Å². The fourth-order valence-corrected chi connectivity index (χ4v) is 3.83. The molecule has 28 heavy (non-hydrogen) atoms. The van der Waals surface area contributed by atoms with E-state index in [1.165, 1.54) is 4.90 Å². The maximum Gasteiger partial charge on any atom is 0.322 e. The van der Waals surface area contributed by atoms with E-state index in [4.69, 9.17) is 4.74 Å². The number of carbonyl (C=O) groups is 2. The molecule has 2 aliphatic heterocycles. The van der Waals surface area contributed by atoms with Gasteiger partial charge in [0.25, 0.3) is 5.91 Å². The zero-order valence-electron chi connectivity index (χ0n) is 15.6. The average molecular weight is 442 g/mol. The van der Waals surface area contributed by atoms with Gasteiger partial charge in [0.1, 0.15) is 5.75 Å². The van der Waals surface area contributed by atoms with Crippen LogP contribution in [-0.2, 0) is 4.79 Å². The number of halogens is 1. The normalized spacial score (nSPS) is 19.0. The first-order valence-electron chi connectivity index (χ1n) is 9.07. The Hall–Kier alpha value is -2.80. The number of amides is 3. The summed E-state index contributed by atoms with van der Waals surface area (Å²) < 4.78 is 6.42. The van der Waals surface area contributed by atoms with Crippen molar-refractivity contribution >= 4 is 33.6 Å². The van der Waals surface area contributed by atoms with Crippen LogP contribution >= 0.6 is 15.9 Å². The van der Waals surface area contributed by atoms with E-state index in [2.05, 4.69) is 21.2 Å². The number of likely N-dealkylation sites (N-methyl/N-ethyl adjacent to an activating group) is 1. The van der Waals surface area contributed by atoms with Crippen molar-refractivity contribution in [1.29, 1.82) is 0 Å². The van der Waals surface area contributed by atoms with Crippen LogP contribution in [0.4, 0.5) is 10.5 Å². The Morgan fingerprint density at radius 3 is 2.43 bits per heavy atom. The summed E-state index contributed by atoms with van der Waals surface area (Å²) >= 11 is 3.42. The number of anilines is 1. The Labute approximate surface area is 171 Å². The number of urea groups is 1. The highest BCUT2D eigenvalue weighted by Gasteiger charge is 2.43. The fraction of sp³-hybridized carbons (Fsp3) is 0.238. The van der Waals surface area contributed by atoms with Crippen LogP contribution < -0.4 is 15.0 Å². The van der Waals surface area contributed by atoms with Gasteiger partial charge in [0.2, 0.25) is 0 Å². The lowest BCUT2D eigenvalue weighted by atomic mass is 9.96. The number of hydrogen-bond acceptors (Lipinski definition) is 3. The molecule has 1 atom stereocenters. The number of benzene rings is 2. The van der Waals surface area contributed by atoms with Crippen molar-refractivity contribution in [1.82, 2.24) is 10.2 Å². The van der Waals surface area contributed by atoms with Crippen molar-refractivity contribution in [3.63, 3.8) is 0 Å². The van der Waals surface area contributed by atoms with Gasteiger partial charge in [-0.1, -0.05) is 28.1 Å². The SMILES string of the molecule is CCOc1ccc(N2CC3=C(C2=O)[C@@H](c2ccc(Br)cc2)NC(=O)N3C)cc1. The van der Waals surface area contributed by atoms with Gasteiger partial charge < -0.3 is 15.0 Å². The van der Waals surface area contributed by atoms with Crippen molar-refractivity contribution in [2.75, 3.05) is 25.1 Å². The molecule has 3 amide bonds. The van der Waals surface area contributed by atoms with Gasteiger partial charge in [-0.2, -0.15) is 0 Å². The molecular formula is C21H20BrN3O3. The lowest BCUT2D eigenvalue weighted by Gasteiger charge is -2.31. The Kier molecular flexibility index (Phi) is 4.85. The minimum absolute atomic E-state index is 0.0982. The van der Waals surface area contributed by atoms with Crippen LogP contribution in [0.2, 0.25) is 0 Å². The average Bonchev–Trinajstić information content (AvgIpc) is 3.04. The molecule has 144 valence electrons. The summed E-state index contributed by atoms with van der Waals surface area (Å²) in [6.07, 6.45) is 0. The van der Waals surface area contributed by atoms with Crippen LogP contribution in [0.25, 0.3) is 0 Å². The summed E-state index contributed by atoms with van der Waals surface area (Å²) in [5.74, 6) is 0.663. The first-order chi connectivity index (χ1) is 13.5. The van der Waals surface area contributed by atoms with Gasteiger partial charge in [0.15, 0.2) is 0 Å². The smallest absolute Gasteiger partial charge is 0.322 e. The molecule has 0 spiro atoms. The van der Waals surface area contributed by atoms with Crippen molar-refractivity contribution in [3.05, 3.63) is 69.8 Å². The third-order valence-corrected chi connectivity index (χ3v) is 5.55. The Morgan fingerprint density at radius 1 is 1.11 bits per heavy atom. The molecule has 0 radical (unpaired) electrons. The van der Waals surface area contributed by atoms with Gasteiger partial charge in [-0.15, -0.1) is 0 Å². The minimum Gasteiger partial charge on any atom is -0.494 e. The van der Waals surface area contributed by atoms with E-state index >= 15 is 0 Å². The van der Waals surface area contributed by atoms with Crippen LogP contribution in [-0.4, -0.2) is 37.0 Å². The summed E-state index contributed by atoms with van der Waals surface area (Å²) in [5.41, 5.74) is 2.99. The van der Waals surface area contributed by atoms with E-state index in [9.17, 15) is 9.59 Å². The molecule has 2 aromatic rings. The standard InChI is InChI=1S/C21H20BrN3O3/c1-3-28-16-10-8-15(9-11-16)25-12-17-18(20(25)26)19(23-21(27)24(17)2)13-4-6-14(22)7-5-13/h4-11,19H,3,12H2,1-2H3,(H,23,27)/t19-/m1/s1. The van der Waals surface area contributed by atoms with Gasteiger partial charge in [0.05, 0.1) is 30.5 Å². The molecular weight excluding hydrogens is 422 g/mol. The molecule has 0 bridgehead atoms. The fourth-order valence-electron chi connectivity index (χ4n) is 3.57. The Morgan fingerprint density at radius 2 is 1.79 bits per heavy atom. The van der Waals surface area contributed by atoms with Crippen LogP contribution in [0.3, 0.4) is 0 Å². The van der Waals surface area contributed by atoms with E-state index in [0.717, 1.165) is 27.2 Å². The van der Waals surface area contributed by atoms with Crippen LogP contribution in [0.15, 0.2) is 64.3 Å². The molecule has 6 nitrogen and oxygen atoms in total. The highest BCUT2D eigenvalue weighted by Crippen LogP contribution is 2.38. The quantitative estimate of drug-likeness (QED) is 0.783. The second kappa shape index (κ2) is 7.31. The van der Waals surface area contributed by atoms with Gasteiger partial charge in [0, 0.05) is 17.2 Å². The molecule has 7 heteroatoms. The van der Waals surface area contributed by atoms with Crippen molar-refractivity contribution in [3.8, 4) is 5.75 Å².